The van der Waals surface area contributed by atoms with E-state index in [1.807, 2.05) is 19.1 Å². The van der Waals surface area contributed by atoms with Crippen molar-refractivity contribution in [2.75, 3.05) is 0 Å². The number of hydrogen-bond donors (Lipinski definition) is 1. The molecule has 0 radical (unpaired) electrons. The van der Waals surface area contributed by atoms with E-state index in [4.69, 9.17) is 21.5 Å². The first kappa shape index (κ1) is 15.3. The Morgan fingerprint density at radius 1 is 1.24 bits per heavy atom. The average Bonchev–Trinajstić information content (AvgIpc) is 2.51. The molecule has 0 amide bonds. The number of ether oxygens (including phenoxy) is 1. The number of hydrogen-bond acceptors (Lipinski definition) is 3. The van der Waals surface area contributed by atoms with Gasteiger partial charge in [-0.1, -0.05) is 29.7 Å². The molecule has 0 unspecified atom stereocenters. The zero-order valence-electron chi connectivity index (χ0n) is 11.5. The van der Waals surface area contributed by atoms with Gasteiger partial charge in [-0.15, -0.1) is 0 Å². The molecule has 2 aromatic rings. The Labute approximate surface area is 127 Å². The second-order valence-corrected chi connectivity index (χ2v) is 4.87. The van der Waals surface area contributed by atoms with Crippen LogP contribution in [0.25, 0.3) is 0 Å². The smallest absolute Gasteiger partial charge is 0.142 e. The maximum absolute atomic E-state index is 13.3. The molecule has 5 heteroatoms. The van der Waals surface area contributed by atoms with Crippen molar-refractivity contribution in [3.8, 4) is 5.75 Å². The zero-order chi connectivity index (χ0) is 15.2. The van der Waals surface area contributed by atoms with Crippen LogP contribution >= 0.6 is 11.6 Å². The van der Waals surface area contributed by atoms with Crippen molar-refractivity contribution in [1.82, 2.24) is 0 Å². The lowest BCUT2D eigenvalue weighted by atomic mass is 10.1. The summed E-state index contributed by atoms with van der Waals surface area (Å²) in [6.45, 7) is 2.16. The molecule has 0 spiro atoms. The molecule has 2 aromatic carbocycles. The van der Waals surface area contributed by atoms with E-state index >= 15 is 0 Å². The highest BCUT2D eigenvalue weighted by Crippen LogP contribution is 2.18. The molecular weight excluding hydrogens is 293 g/mol. The van der Waals surface area contributed by atoms with Gasteiger partial charge >= 0.3 is 0 Å². The summed E-state index contributed by atoms with van der Waals surface area (Å²) < 4.78 is 18.9. The molecule has 0 saturated heterocycles. The fourth-order valence-corrected chi connectivity index (χ4v) is 1.99. The molecule has 0 bridgehead atoms. The van der Waals surface area contributed by atoms with Crippen LogP contribution in [0, 0.1) is 5.82 Å². The number of halogens is 2. The molecule has 2 rings (SSSR count). The molecule has 0 aromatic heterocycles. The van der Waals surface area contributed by atoms with Crippen molar-refractivity contribution < 1.29 is 14.3 Å². The minimum atomic E-state index is -0.458. The van der Waals surface area contributed by atoms with Gasteiger partial charge in [-0.25, -0.2) is 4.39 Å². The van der Waals surface area contributed by atoms with Crippen LogP contribution in [-0.4, -0.2) is 10.9 Å². The molecular formula is C16H15ClFNO2. The number of oxime groups is 1. The van der Waals surface area contributed by atoms with Crippen LogP contribution in [0.15, 0.2) is 47.6 Å². The van der Waals surface area contributed by atoms with Crippen molar-refractivity contribution in [2.45, 2.75) is 20.0 Å². The quantitative estimate of drug-likeness (QED) is 0.496. The summed E-state index contributed by atoms with van der Waals surface area (Å²) >= 11 is 5.62. The predicted molar refractivity (Wildman–Crippen MR) is 80.8 cm³/mol. The molecule has 0 atom stereocenters. The summed E-state index contributed by atoms with van der Waals surface area (Å²) in [7, 11) is 0. The maximum atomic E-state index is 13.3. The van der Waals surface area contributed by atoms with Gasteiger partial charge in [-0.3, -0.25) is 0 Å². The van der Waals surface area contributed by atoms with Crippen molar-refractivity contribution in [3.63, 3.8) is 0 Å². The van der Waals surface area contributed by atoms with E-state index in [1.165, 1.54) is 12.1 Å². The molecule has 0 aliphatic heterocycles. The SMILES string of the molecule is CC/C(=N/O)c1ccc(OCc2ccc(Cl)c(F)c2)cc1. The van der Waals surface area contributed by atoms with Gasteiger partial charge in [0.15, 0.2) is 0 Å². The monoisotopic (exact) mass is 307 g/mol. The Kier molecular flexibility index (Phi) is 5.17. The maximum Gasteiger partial charge on any atom is 0.142 e. The Morgan fingerprint density at radius 2 is 1.95 bits per heavy atom. The van der Waals surface area contributed by atoms with E-state index in [1.54, 1.807) is 18.2 Å². The van der Waals surface area contributed by atoms with E-state index in [0.717, 1.165) is 5.56 Å². The lowest BCUT2D eigenvalue weighted by Gasteiger charge is -2.08. The van der Waals surface area contributed by atoms with Gasteiger partial charge in [0.1, 0.15) is 18.2 Å². The van der Waals surface area contributed by atoms with Crippen LogP contribution in [0.4, 0.5) is 4.39 Å². The van der Waals surface area contributed by atoms with Gasteiger partial charge in [0.25, 0.3) is 0 Å². The first-order valence-corrected chi connectivity index (χ1v) is 6.90. The molecule has 0 aliphatic rings. The summed E-state index contributed by atoms with van der Waals surface area (Å²) in [6, 6.07) is 11.8. The van der Waals surface area contributed by atoms with E-state index < -0.39 is 5.82 Å². The summed E-state index contributed by atoms with van der Waals surface area (Å²) in [5, 5.41) is 12.2. The Hall–Kier alpha value is -2.07. The third-order valence-electron chi connectivity index (χ3n) is 3.03. The van der Waals surface area contributed by atoms with E-state index in [-0.39, 0.29) is 11.6 Å². The fraction of sp³-hybridized carbons (Fsp3) is 0.188. The molecule has 110 valence electrons. The van der Waals surface area contributed by atoms with Gasteiger partial charge in [-0.2, -0.15) is 0 Å². The molecule has 0 saturated carbocycles. The van der Waals surface area contributed by atoms with Crippen molar-refractivity contribution >= 4 is 17.3 Å². The molecule has 21 heavy (non-hydrogen) atoms. The minimum Gasteiger partial charge on any atom is -0.489 e. The number of rotatable bonds is 5. The Balaban J connectivity index is 2.02. The van der Waals surface area contributed by atoms with Crippen LogP contribution < -0.4 is 4.74 Å². The van der Waals surface area contributed by atoms with Gasteiger partial charge < -0.3 is 9.94 Å². The van der Waals surface area contributed by atoms with Crippen LogP contribution in [0.2, 0.25) is 5.02 Å². The number of nitrogens with zero attached hydrogens (tertiary/aromatic N) is 1. The van der Waals surface area contributed by atoms with Crippen molar-refractivity contribution in [2.24, 2.45) is 5.16 Å². The highest BCUT2D eigenvalue weighted by Gasteiger charge is 2.04. The van der Waals surface area contributed by atoms with Gasteiger partial charge in [-0.05, 0) is 53.9 Å². The minimum absolute atomic E-state index is 0.0958. The van der Waals surface area contributed by atoms with Gasteiger partial charge in [0.2, 0.25) is 0 Å². The molecule has 0 fully saturated rings. The third kappa shape index (κ3) is 3.95. The Bertz CT molecular complexity index is 641. The van der Waals surface area contributed by atoms with E-state index in [2.05, 4.69) is 5.16 Å². The molecule has 0 aliphatic carbocycles. The topological polar surface area (TPSA) is 41.8 Å². The summed E-state index contributed by atoms with van der Waals surface area (Å²) in [5.41, 5.74) is 2.15. The molecule has 3 nitrogen and oxygen atoms in total. The van der Waals surface area contributed by atoms with Crippen LogP contribution in [-0.2, 0) is 6.61 Å². The van der Waals surface area contributed by atoms with Gasteiger partial charge in [0, 0.05) is 0 Å². The number of benzene rings is 2. The standard InChI is InChI=1S/C16H15ClFNO2/c1-2-16(19-20)12-4-6-13(7-5-12)21-10-11-3-8-14(17)15(18)9-11/h3-9,20H,2,10H2,1H3/b19-16-. The average molecular weight is 308 g/mol. The van der Waals surface area contributed by atoms with Crippen LogP contribution in [0.1, 0.15) is 24.5 Å². The summed E-state index contributed by atoms with van der Waals surface area (Å²) in [6.07, 6.45) is 0.640. The van der Waals surface area contributed by atoms with E-state index in [0.29, 0.717) is 23.4 Å². The van der Waals surface area contributed by atoms with Crippen molar-refractivity contribution in [1.29, 1.82) is 0 Å². The lowest BCUT2D eigenvalue weighted by Crippen LogP contribution is -2.00. The lowest BCUT2D eigenvalue weighted by molar-refractivity contribution is 0.305. The van der Waals surface area contributed by atoms with Crippen molar-refractivity contribution in [3.05, 3.63) is 64.4 Å². The predicted octanol–water partition coefficient (Wildman–Crippen LogP) is 4.65. The van der Waals surface area contributed by atoms with Gasteiger partial charge in [0.05, 0.1) is 10.7 Å². The highest BCUT2D eigenvalue weighted by atomic mass is 35.5. The third-order valence-corrected chi connectivity index (χ3v) is 3.34. The first-order valence-electron chi connectivity index (χ1n) is 6.52. The summed E-state index contributed by atoms with van der Waals surface area (Å²) in [5.74, 6) is 0.197. The molecule has 0 heterocycles. The first-order chi connectivity index (χ1) is 10.1. The normalized spacial score (nSPS) is 11.5. The highest BCUT2D eigenvalue weighted by molar-refractivity contribution is 6.30. The largest absolute Gasteiger partial charge is 0.489 e. The molecule has 1 N–H and O–H groups in total. The van der Waals surface area contributed by atoms with Crippen LogP contribution in [0.5, 0.6) is 5.75 Å². The summed E-state index contributed by atoms with van der Waals surface area (Å²) in [4.78, 5) is 0. The fourth-order valence-electron chi connectivity index (χ4n) is 1.87. The Morgan fingerprint density at radius 3 is 2.52 bits per heavy atom. The second kappa shape index (κ2) is 7.09. The van der Waals surface area contributed by atoms with E-state index in [9.17, 15) is 4.39 Å². The second-order valence-electron chi connectivity index (χ2n) is 4.46. The zero-order valence-corrected chi connectivity index (χ0v) is 12.3. The van der Waals surface area contributed by atoms with Crippen LogP contribution in [0.3, 0.4) is 0 Å².